The van der Waals surface area contributed by atoms with Gasteiger partial charge >= 0.3 is 0 Å². The number of hydrogen-bond donors (Lipinski definition) is 1. The molecule has 328 valence electrons. The molecule has 0 aliphatic rings. The second-order valence-corrected chi connectivity index (χ2v) is 14.6. The molecule has 0 unspecified atom stereocenters. The van der Waals surface area contributed by atoms with E-state index in [1.807, 2.05) is 0 Å². The van der Waals surface area contributed by atoms with E-state index in [4.69, 9.17) is 0 Å². The molecule has 0 heterocycles. The summed E-state index contributed by atoms with van der Waals surface area (Å²) in [7, 11) is 0. The number of benzene rings is 6. The van der Waals surface area contributed by atoms with Crippen molar-refractivity contribution in [3.05, 3.63) is 186 Å². The lowest BCUT2D eigenvalue weighted by Gasteiger charge is -2.45. The van der Waals surface area contributed by atoms with Crippen LogP contribution in [0.5, 0.6) is 0 Å². The van der Waals surface area contributed by atoms with Crippen LogP contribution >= 0.6 is 0 Å². The molecular formula is C44H32BF16N. The summed E-state index contributed by atoms with van der Waals surface area (Å²) in [6.45, 7) is 7.44. The van der Waals surface area contributed by atoms with E-state index in [1.165, 1.54) is 22.3 Å². The van der Waals surface area contributed by atoms with Crippen LogP contribution in [0.4, 0.5) is 70.2 Å². The lowest BCUT2D eigenvalue weighted by molar-refractivity contribution is -0.686. The molecule has 1 nitrogen and oxygen atoms in total. The number of aryl methyl sites for hydroxylation is 2. The van der Waals surface area contributed by atoms with Crippen molar-refractivity contribution in [1.29, 1.82) is 0 Å². The molecule has 0 radical (unpaired) electrons. The summed E-state index contributed by atoms with van der Waals surface area (Å²) in [5.41, 5.74) is -12.2. The molecule has 6 aromatic rings. The molecular weight excluding hydrogens is 857 g/mol. The minimum absolute atomic E-state index is 0.243. The number of rotatable bonds is 8. The average molecular weight is 890 g/mol. The highest BCUT2D eigenvalue weighted by Gasteiger charge is 2.51. The third-order valence-corrected chi connectivity index (χ3v) is 11.1. The molecule has 0 saturated heterocycles. The van der Waals surface area contributed by atoms with Crippen LogP contribution in [0.3, 0.4) is 0 Å². The fourth-order valence-corrected chi connectivity index (χ4v) is 7.54. The maximum Gasteiger partial charge on any atom is 0.191 e. The zero-order valence-electron chi connectivity index (χ0n) is 33.2. The minimum Gasteiger partial charge on any atom is -0.339 e. The fraction of sp³-hybridized carbons (Fsp3) is 0.182. The molecule has 0 spiro atoms. The fourth-order valence-electron chi connectivity index (χ4n) is 7.54. The Morgan fingerprint density at radius 2 is 0.532 bits per heavy atom. The summed E-state index contributed by atoms with van der Waals surface area (Å²) in [6, 6.07) is 17.2. The highest BCUT2D eigenvalue weighted by atomic mass is 19.2. The molecule has 6 rings (SSSR count). The first-order valence-corrected chi connectivity index (χ1v) is 18.4. The maximum absolute atomic E-state index is 16.0. The van der Waals surface area contributed by atoms with Gasteiger partial charge in [0.15, 0.2) is 46.5 Å². The van der Waals surface area contributed by atoms with Gasteiger partial charge in [-0.25, -0.2) is 70.2 Å². The van der Waals surface area contributed by atoms with Gasteiger partial charge in [-0.1, -0.05) is 48.5 Å². The molecule has 0 bridgehead atoms. The Balaban J connectivity index is 0.000000355. The molecule has 0 saturated carbocycles. The predicted octanol–water partition coefficient (Wildman–Crippen LogP) is 9.09. The monoisotopic (exact) mass is 889 g/mol. The van der Waals surface area contributed by atoms with Gasteiger partial charge in [0.05, 0.1) is 23.3 Å². The molecule has 0 aromatic heterocycles. The van der Waals surface area contributed by atoms with Crippen LogP contribution in [0.25, 0.3) is 0 Å². The largest absolute Gasteiger partial charge is 0.339 e. The molecule has 2 N–H and O–H groups in total. The molecule has 6 aromatic carbocycles. The van der Waals surface area contributed by atoms with Gasteiger partial charge in [-0.2, -0.15) is 0 Å². The molecule has 0 aliphatic carbocycles. The number of quaternary nitrogens is 1. The predicted molar refractivity (Wildman–Crippen MR) is 200 cm³/mol. The zero-order valence-corrected chi connectivity index (χ0v) is 33.2. The first-order valence-electron chi connectivity index (χ1n) is 18.4. The second kappa shape index (κ2) is 17.9. The lowest BCUT2D eigenvalue weighted by Crippen LogP contribution is -2.81. The van der Waals surface area contributed by atoms with Crippen LogP contribution < -0.4 is 27.2 Å². The van der Waals surface area contributed by atoms with Crippen molar-refractivity contribution in [2.75, 3.05) is 0 Å². The Bertz CT molecular complexity index is 2320. The van der Waals surface area contributed by atoms with Crippen molar-refractivity contribution in [2.45, 2.75) is 54.6 Å². The standard InChI is InChI=1S/C28H12BF16.C16H19N/c1-5-13(30)9(21(38)25(42)17(5)34)29(10-14(31)6(2)18(35)26(43)22(10)39,11-15(32)7(3)19(36)27(44)23(11)40)12-16(33)8(4)20(37)28(45)24(12)41;1-13-7-3-5-9-15(13)11-17-12-16-10-6-4-8-14(16)2/h1-4H3;3-10,17H,11-12H2,1-2H3/q-1;/p+1. The topological polar surface area (TPSA) is 16.6 Å². The van der Waals surface area contributed by atoms with Gasteiger partial charge in [0.25, 0.3) is 0 Å². The van der Waals surface area contributed by atoms with E-state index in [1.54, 1.807) is 0 Å². The van der Waals surface area contributed by atoms with Crippen molar-refractivity contribution in [3.8, 4) is 0 Å². The lowest BCUT2D eigenvalue weighted by atomic mass is 9.12. The first kappa shape index (κ1) is 47.3. The van der Waals surface area contributed by atoms with Gasteiger partial charge < -0.3 is 5.32 Å². The van der Waals surface area contributed by atoms with Crippen molar-refractivity contribution >= 4 is 28.0 Å². The number of hydrogen-bond acceptors (Lipinski definition) is 0. The SMILES string of the molecule is Cc1c(F)c(F)c(F)c([B-](c2c(F)c(C)c(F)c(F)c2F)(c2c(F)c(C)c(F)c(F)c2F)c2c(F)c(C)c(F)c(F)c2F)c1F.Cc1ccccc1C[NH2+]Cc1ccccc1C. The van der Waals surface area contributed by atoms with Gasteiger partial charge in [0.2, 0.25) is 0 Å². The van der Waals surface area contributed by atoms with E-state index in [2.05, 4.69) is 67.7 Å². The van der Waals surface area contributed by atoms with E-state index in [0.717, 1.165) is 13.1 Å². The number of halogens is 16. The van der Waals surface area contributed by atoms with Crippen molar-refractivity contribution in [3.63, 3.8) is 0 Å². The Morgan fingerprint density at radius 3 is 0.758 bits per heavy atom. The maximum atomic E-state index is 16.0. The molecule has 18 heteroatoms. The van der Waals surface area contributed by atoms with Gasteiger partial charge in [-0.3, -0.25) is 0 Å². The smallest absolute Gasteiger partial charge is 0.191 e. The van der Waals surface area contributed by atoms with Crippen LogP contribution in [0, 0.1) is 135 Å². The Morgan fingerprint density at radius 1 is 0.306 bits per heavy atom. The molecule has 0 atom stereocenters. The Kier molecular flexibility index (Phi) is 13.7. The quantitative estimate of drug-likeness (QED) is 0.0681. The Labute approximate surface area is 343 Å². The first-order chi connectivity index (χ1) is 29.0. The summed E-state index contributed by atoms with van der Waals surface area (Å²) in [5, 5.41) is 2.37. The Hall–Kier alpha value is -5.78. The summed E-state index contributed by atoms with van der Waals surface area (Å²) in [4.78, 5) is 0. The highest BCUT2D eigenvalue weighted by molar-refractivity contribution is 7.20. The highest BCUT2D eigenvalue weighted by Crippen LogP contribution is 2.31. The van der Waals surface area contributed by atoms with Gasteiger partial charge in [0.1, 0.15) is 42.5 Å². The van der Waals surface area contributed by atoms with E-state index in [0.29, 0.717) is 0 Å². The average Bonchev–Trinajstić information content (AvgIpc) is 3.25. The normalized spacial score (nSPS) is 11.6. The van der Waals surface area contributed by atoms with E-state index in [9.17, 15) is 35.1 Å². The minimum atomic E-state index is -6.26. The van der Waals surface area contributed by atoms with Gasteiger partial charge in [0, 0.05) is 33.4 Å². The van der Waals surface area contributed by atoms with Crippen molar-refractivity contribution in [2.24, 2.45) is 0 Å². The van der Waals surface area contributed by atoms with Crippen LogP contribution in [0.2, 0.25) is 0 Å². The zero-order chi connectivity index (χ0) is 46.4. The summed E-state index contributed by atoms with van der Waals surface area (Å²) in [5.74, 6) is -44.5. The van der Waals surface area contributed by atoms with E-state index >= 15 is 35.1 Å². The molecule has 62 heavy (non-hydrogen) atoms. The second-order valence-electron chi connectivity index (χ2n) is 14.6. The van der Waals surface area contributed by atoms with E-state index in [-0.39, 0.29) is 27.7 Å². The molecule has 0 fully saturated rings. The van der Waals surface area contributed by atoms with E-state index < -0.39 is 143 Å². The van der Waals surface area contributed by atoms with Gasteiger partial charge in [-0.05, 0) is 52.7 Å². The summed E-state index contributed by atoms with van der Waals surface area (Å²) < 4.78 is 245. The van der Waals surface area contributed by atoms with Gasteiger partial charge in [-0.15, -0.1) is 21.9 Å². The summed E-state index contributed by atoms with van der Waals surface area (Å²) in [6.07, 6.45) is -6.26. The molecule has 0 aliphatic heterocycles. The molecule has 0 amide bonds. The van der Waals surface area contributed by atoms with Crippen molar-refractivity contribution < 1.29 is 75.6 Å². The van der Waals surface area contributed by atoms with Crippen molar-refractivity contribution in [1.82, 2.24) is 0 Å². The van der Waals surface area contributed by atoms with Crippen LogP contribution in [-0.2, 0) is 13.1 Å². The van der Waals surface area contributed by atoms with Crippen LogP contribution in [0.15, 0.2) is 48.5 Å². The third-order valence-electron chi connectivity index (χ3n) is 11.1. The van der Waals surface area contributed by atoms with Crippen LogP contribution in [-0.4, -0.2) is 6.15 Å². The third kappa shape index (κ3) is 7.59. The summed E-state index contributed by atoms with van der Waals surface area (Å²) >= 11 is 0. The number of nitrogens with two attached hydrogens (primary N) is 1. The van der Waals surface area contributed by atoms with Crippen LogP contribution in [0.1, 0.15) is 44.5 Å².